The molecule has 2 aromatic heterocycles. The van der Waals surface area contributed by atoms with Gasteiger partial charge in [-0.05, 0) is 28.5 Å². The minimum Gasteiger partial charge on any atom is -0.328 e. The molecule has 0 atom stereocenters. The molecule has 1 saturated heterocycles. The number of piperazine rings is 1. The molecule has 144 valence electrons. The smallest absolute Gasteiger partial charge is 0.247 e. The van der Waals surface area contributed by atoms with Gasteiger partial charge in [0.25, 0.3) is 0 Å². The van der Waals surface area contributed by atoms with Gasteiger partial charge in [0, 0.05) is 11.6 Å². The Hall–Kier alpha value is -2.77. The van der Waals surface area contributed by atoms with Crippen molar-refractivity contribution in [2.24, 2.45) is 0 Å². The van der Waals surface area contributed by atoms with Crippen molar-refractivity contribution in [2.45, 2.75) is 13.1 Å². The number of thiophene rings is 1. The maximum atomic E-state index is 12.5. The van der Waals surface area contributed by atoms with Gasteiger partial charge in [-0.2, -0.15) is 11.3 Å². The Kier molecular flexibility index (Phi) is 5.94. The summed E-state index contributed by atoms with van der Waals surface area (Å²) in [6.07, 6.45) is 5.22. The lowest BCUT2D eigenvalue weighted by Crippen LogP contribution is -3.13. The summed E-state index contributed by atoms with van der Waals surface area (Å²) < 4.78 is 1.78. The minimum atomic E-state index is 0.0483. The highest BCUT2D eigenvalue weighted by atomic mass is 32.1. The molecule has 0 bridgehead atoms. The second-order valence-corrected chi connectivity index (χ2v) is 7.82. The molecule has 1 N–H and O–H groups in total. The molecular weight excluding hydrogens is 370 g/mol. The van der Waals surface area contributed by atoms with E-state index in [1.807, 2.05) is 29.3 Å². The first-order valence-corrected chi connectivity index (χ1v) is 10.5. The van der Waals surface area contributed by atoms with Crippen LogP contribution in [-0.2, 0) is 17.9 Å². The van der Waals surface area contributed by atoms with Crippen LogP contribution in [-0.4, -0.2) is 52.0 Å². The van der Waals surface area contributed by atoms with Crippen LogP contribution in [0.1, 0.15) is 16.8 Å². The van der Waals surface area contributed by atoms with E-state index >= 15 is 0 Å². The van der Waals surface area contributed by atoms with Crippen molar-refractivity contribution < 1.29 is 9.69 Å². The first kappa shape index (κ1) is 18.6. The van der Waals surface area contributed by atoms with Crippen molar-refractivity contribution in [3.05, 3.63) is 76.3 Å². The fourth-order valence-corrected chi connectivity index (χ4v) is 4.07. The van der Waals surface area contributed by atoms with Crippen LogP contribution in [0.2, 0.25) is 0 Å². The van der Waals surface area contributed by atoms with Gasteiger partial charge in [0.1, 0.15) is 12.2 Å². The zero-order valence-corrected chi connectivity index (χ0v) is 16.5. The van der Waals surface area contributed by atoms with Crippen LogP contribution in [0.5, 0.6) is 0 Å². The van der Waals surface area contributed by atoms with Crippen molar-refractivity contribution in [2.75, 3.05) is 26.2 Å². The van der Waals surface area contributed by atoms with E-state index in [1.54, 1.807) is 28.2 Å². The second-order valence-electron chi connectivity index (χ2n) is 7.04. The third-order valence-corrected chi connectivity index (χ3v) is 5.69. The standard InChI is InChI=1S/C21H23N5OS/c27-21(25-11-9-24(10-12-25)14-19-8-13-28-17-19)7-6-20-16-26(23-22-20)15-18-4-2-1-3-5-18/h1-8,13,16-17H,9-12,14-15H2/p+1/b7-6+. The van der Waals surface area contributed by atoms with Crippen molar-refractivity contribution in [1.29, 1.82) is 0 Å². The van der Waals surface area contributed by atoms with Gasteiger partial charge in [0.05, 0.1) is 38.9 Å². The number of carbonyl (C=O) groups is 1. The number of hydrogen-bond acceptors (Lipinski definition) is 4. The molecule has 1 aromatic carbocycles. The van der Waals surface area contributed by atoms with E-state index in [4.69, 9.17) is 0 Å². The van der Waals surface area contributed by atoms with E-state index in [1.165, 1.54) is 16.0 Å². The normalized spacial score (nSPS) is 15.4. The van der Waals surface area contributed by atoms with Crippen molar-refractivity contribution >= 4 is 23.3 Å². The molecule has 4 rings (SSSR count). The number of benzene rings is 1. The van der Waals surface area contributed by atoms with Crippen LogP contribution in [0, 0.1) is 0 Å². The highest BCUT2D eigenvalue weighted by Gasteiger charge is 2.22. The van der Waals surface area contributed by atoms with E-state index < -0.39 is 0 Å². The molecule has 0 unspecified atom stereocenters. The summed E-state index contributed by atoms with van der Waals surface area (Å²) in [4.78, 5) is 15.9. The van der Waals surface area contributed by atoms with Gasteiger partial charge < -0.3 is 9.80 Å². The van der Waals surface area contributed by atoms with Crippen LogP contribution in [0.4, 0.5) is 0 Å². The zero-order valence-electron chi connectivity index (χ0n) is 15.7. The number of hydrogen-bond donors (Lipinski definition) is 1. The van der Waals surface area contributed by atoms with Gasteiger partial charge >= 0.3 is 0 Å². The van der Waals surface area contributed by atoms with Gasteiger partial charge in [0.2, 0.25) is 5.91 Å². The third kappa shape index (κ3) is 4.94. The average molecular weight is 395 g/mol. The molecule has 1 amide bonds. The summed E-state index contributed by atoms with van der Waals surface area (Å²) in [5.41, 5.74) is 3.26. The van der Waals surface area contributed by atoms with Crippen LogP contribution < -0.4 is 4.90 Å². The second kappa shape index (κ2) is 8.95. The van der Waals surface area contributed by atoms with Gasteiger partial charge in [-0.1, -0.05) is 35.5 Å². The molecule has 1 fully saturated rings. The fourth-order valence-electron chi connectivity index (χ4n) is 3.40. The molecule has 1 aliphatic heterocycles. The lowest BCUT2D eigenvalue weighted by atomic mass is 10.2. The Morgan fingerprint density at radius 2 is 1.96 bits per heavy atom. The lowest BCUT2D eigenvalue weighted by molar-refractivity contribution is -0.917. The Morgan fingerprint density at radius 3 is 2.71 bits per heavy atom. The summed E-state index contributed by atoms with van der Waals surface area (Å²) in [5, 5.41) is 12.6. The highest BCUT2D eigenvalue weighted by molar-refractivity contribution is 7.07. The molecule has 0 aliphatic carbocycles. The Bertz CT molecular complexity index is 911. The predicted molar refractivity (Wildman–Crippen MR) is 110 cm³/mol. The molecule has 6 nitrogen and oxygen atoms in total. The van der Waals surface area contributed by atoms with Gasteiger partial charge in [0.15, 0.2) is 0 Å². The van der Waals surface area contributed by atoms with Crippen LogP contribution in [0.15, 0.2) is 59.4 Å². The predicted octanol–water partition coefficient (Wildman–Crippen LogP) is 1.33. The monoisotopic (exact) mass is 394 g/mol. The molecule has 28 heavy (non-hydrogen) atoms. The number of nitrogens with zero attached hydrogens (tertiary/aromatic N) is 4. The summed E-state index contributed by atoms with van der Waals surface area (Å²) in [6, 6.07) is 12.3. The van der Waals surface area contributed by atoms with Crippen LogP contribution >= 0.6 is 11.3 Å². The number of quaternary nitrogens is 1. The summed E-state index contributed by atoms with van der Waals surface area (Å²) in [7, 11) is 0. The van der Waals surface area contributed by atoms with E-state index in [9.17, 15) is 4.79 Å². The first-order valence-electron chi connectivity index (χ1n) is 9.52. The maximum absolute atomic E-state index is 12.5. The molecule has 0 radical (unpaired) electrons. The average Bonchev–Trinajstić information content (AvgIpc) is 3.40. The molecule has 0 spiro atoms. The van der Waals surface area contributed by atoms with Gasteiger partial charge in [-0.3, -0.25) is 4.79 Å². The SMILES string of the molecule is O=C(/C=C/c1cn(Cc2ccccc2)nn1)N1CC[NH+](Cc2ccsc2)CC1. The van der Waals surface area contributed by atoms with E-state index in [2.05, 4.69) is 39.3 Å². The topological polar surface area (TPSA) is 55.5 Å². The maximum Gasteiger partial charge on any atom is 0.247 e. The quantitative estimate of drug-likeness (QED) is 0.642. The number of nitrogens with one attached hydrogen (secondary N) is 1. The molecule has 0 saturated carbocycles. The first-order chi connectivity index (χ1) is 13.8. The molecular formula is C21H24N5OS+. The van der Waals surface area contributed by atoms with Gasteiger partial charge in [-0.25, -0.2) is 4.68 Å². The van der Waals surface area contributed by atoms with E-state index in [0.717, 1.165) is 32.7 Å². The van der Waals surface area contributed by atoms with E-state index in [0.29, 0.717) is 12.2 Å². The summed E-state index contributed by atoms with van der Waals surface area (Å²) in [6.45, 7) is 5.29. The van der Waals surface area contributed by atoms with E-state index in [-0.39, 0.29) is 5.91 Å². The van der Waals surface area contributed by atoms with Crippen molar-refractivity contribution in [1.82, 2.24) is 19.9 Å². The molecule has 1 aliphatic rings. The Labute approximate surface area is 168 Å². The number of amides is 1. The van der Waals surface area contributed by atoms with Crippen molar-refractivity contribution in [3.63, 3.8) is 0 Å². The van der Waals surface area contributed by atoms with Gasteiger partial charge in [-0.15, -0.1) is 5.10 Å². The molecule has 3 heterocycles. The number of aromatic nitrogens is 3. The number of rotatable bonds is 6. The molecule has 7 heteroatoms. The zero-order chi connectivity index (χ0) is 19.2. The number of carbonyl (C=O) groups excluding carboxylic acids is 1. The Balaban J connectivity index is 1.26. The Morgan fingerprint density at radius 1 is 1.14 bits per heavy atom. The minimum absolute atomic E-state index is 0.0483. The van der Waals surface area contributed by atoms with Crippen molar-refractivity contribution in [3.8, 4) is 0 Å². The third-order valence-electron chi connectivity index (χ3n) is 4.96. The van der Waals surface area contributed by atoms with Crippen LogP contribution in [0.3, 0.4) is 0 Å². The summed E-state index contributed by atoms with van der Waals surface area (Å²) >= 11 is 1.74. The lowest BCUT2D eigenvalue weighted by Gasteiger charge is -2.31. The summed E-state index contributed by atoms with van der Waals surface area (Å²) in [5.74, 6) is 0.0483. The largest absolute Gasteiger partial charge is 0.328 e. The van der Waals surface area contributed by atoms with Crippen LogP contribution in [0.25, 0.3) is 6.08 Å². The highest BCUT2D eigenvalue weighted by Crippen LogP contribution is 2.05. The fraction of sp³-hybridized carbons (Fsp3) is 0.286. The molecule has 3 aromatic rings.